The van der Waals surface area contributed by atoms with E-state index in [4.69, 9.17) is 20.8 Å². The highest BCUT2D eigenvalue weighted by Gasteiger charge is 2.25. The molecule has 4 rings (SSSR count). The predicted molar refractivity (Wildman–Crippen MR) is 105 cm³/mol. The number of halogens is 1. The van der Waals surface area contributed by atoms with Gasteiger partial charge in [-0.25, -0.2) is 0 Å². The van der Waals surface area contributed by atoms with E-state index in [1.807, 2.05) is 24.3 Å². The van der Waals surface area contributed by atoms with E-state index in [1.165, 1.54) is 0 Å². The Hall–Kier alpha value is -2.61. The fraction of sp³-hybridized carbons (Fsp3) is 0.300. The summed E-state index contributed by atoms with van der Waals surface area (Å²) in [5.74, 6) is 0.383. The molecule has 0 aliphatic carbocycles. The van der Waals surface area contributed by atoms with Gasteiger partial charge in [0.2, 0.25) is 0 Å². The van der Waals surface area contributed by atoms with Crippen molar-refractivity contribution >= 4 is 17.5 Å². The Labute approximate surface area is 167 Å². The third-order valence-corrected chi connectivity index (χ3v) is 5.15. The molecule has 3 aromatic rings. The number of furan rings is 1. The normalized spacial score (nSPS) is 16.0. The number of nitrogens with one attached hydrogen (secondary N) is 2. The van der Waals surface area contributed by atoms with Crippen LogP contribution in [0.3, 0.4) is 0 Å². The van der Waals surface area contributed by atoms with Crippen LogP contribution in [0.5, 0.6) is 0 Å². The first-order chi connectivity index (χ1) is 13.7. The Balaban J connectivity index is 1.48. The number of benzene rings is 1. The van der Waals surface area contributed by atoms with Crippen molar-refractivity contribution in [1.29, 1.82) is 0 Å². The molecule has 0 saturated carbocycles. The molecule has 1 atom stereocenters. The number of morpholine rings is 1. The van der Waals surface area contributed by atoms with Crippen LogP contribution in [0.15, 0.2) is 53.1 Å². The molecule has 3 heterocycles. The Morgan fingerprint density at radius 1 is 1.25 bits per heavy atom. The highest BCUT2D eigenvalue weighted by atomic mass is 35.5. The minimum absolute atomic E-state index is 0.0370. The van der Waals surface area contributed by atoms with Gasteiger partial charge >= 0.3 is 0 Å². The zero-order chi connectivity index (χ0) is 19.3. The summed E-state index contributed by atoms with van der Waals surface area (Å²) in [6.07, 6.45) is 1.58. The molecule has 1 aliphatic rings. The molecule has 0 spiro atoms. The van der Waals surface area contributed by atoms with Crippen molar-refractivity contribution in [2.75, 3.05) is 32.8 Å². The van der Waals surface area contributed by atoms with Gasteiger partial charge in [-0.1, -0.05) is 29.8 Å². The van der Waals surface area contributed by atoms with Gasteiger partial charge in [0, 0.05) is 30.7 Å². The van der Waals surface area contributed by atoms with E-state index in [-0.39, 0.29) is 11.9 Å². The number of hydrogen-bond acceptors (Lipinski definition) is 5. The fourth-order valence-corrected chi connectivity index (χ4v) is 3.61. The van der Waals surface area contributed by atoms with Crippen molar-refractivity contribution in [3.8, 4) is 11.5 Å². The monoisotopic (exact) mass is 400 g/mol. The molecule has 0 radical (unpaired) electrons. The van der Waals surface area contributed by atoms with Crippen LogP contribution >= 0.6 is 11.6 Å². The van der Waals surface area contributed by atoms with Gasteiger partial charge in [0.25, 0.3) is 5.91 Å². The van der Waals surface area contributed by atoms with Crippen molar-refractivity contribution < 1.29 is 13.9 Å². The molecule has 28 heavy (non-hydrogen) atoms. The zero-order valence-electron chi connectivity index (χ0n) is 15.2. The Kier molecular flexibility index (Phi) is 5.76. The minimum atomic E-state index is -0.251. The molecule has 1 saturated heterocycles. The number of hydrogen-bond donors (Lipinski definition) is 2. The molecular formula is C20H21ClN4O3. The Morgan fingerprint density at radius 2 is 2.07 bits per heavy atom. The summed E-state index contributed by atoms with van der Waals surface area (Å²) in [5.41, 5.74) is 1.96. The highest BCUT2D eigenvalue weighted by molar-refractivity contribution is 6.31. The fourth-order valence-electron chi connectivity index (χ4n) is 3.35. The molecular weight excluding hydrogens is 380 g/mol. The van der Waals surface area contributed by atoms with Crippen LogP contribution in [0, 0.1) is 0 Å². The third-order valence-electron chi connectivity index (χ3n) is 4.80. The highest BCUT2D eigenvalue weighted by Crippen LogP contribution is 2.28. The molecule has 2 aromatic heterocycles. The second-order valence-corrected chi connectivity index (χ2v) is 6.95. The third kappa shape index (κ3) is 4.11. The first-order valence-corrected chi connectivity index (χ1v) is 9.54. The maximum Gasteiger partial charge on any atom is 0.271 e. The smallest absolute Gasteiger partial charge is 0.271 e. The molecule has 1 amide bonds. The summed E-state index contributed by atoms with van der Waals surface area (Å²) in [7, 11) is 0. The lowest BCUT2D eigenvalue weighted by Crippen LogP contribution is -2.44. The van der Waals surface area contributed by atoms with E-state index in [0.717, 1.165) is 18.7 Å². The Morgan fingerprint density at radius 3 is 2.82 bits per heavy atom. The number of carbonyl (C=O) groups excluding carboxylic acids is 1. The largest absolute Gasteiger partial charge is 0.463 e. The topological polar surface area (TPSA) is 83.4 Å². The van der Waals surface area contributed by atoms with Crippen LogP contribution < -0.4 is 5.32 Å². The van der Waals surface area contributed by atoms with Crippen LogP contribution in [-0.2, 0) is 4.74 Å². The summed E-state index contributed by atoms with van der Waals surface area (Å²) in [4.78, 5) is 14.9. The van der Waals surface area contributed by atoms with E-state index in [0.29, 0.717) is 41.9 Å². The standard InChI is InChI=1S/C20H21ClN4O3/c21-15-5-2-1-4-14(15)18(25-7-10-27-11-8-25)13-22-20(26)17-12-16(23-24-17)19-6-3-9-28-19/h1-6,9,12,18H,7-8,10-11,13H2,(H,22,26)(H,23,24). The van der Waals surface area contributed by atoms with E-state index in [2.05, 4.69) is 20.4 Å². The number of rotatable bonds is 6. The number of aromatic nitrogens is 2. The second kappa shape index (κ2) is 8.60. The van der Waals surface area contributed by atoms with Crippen molar-refractivity contribution in [1.82, 2.24) is 20.4 Å². The maximum absolute atomic E-state index is 12.6. The van der Waals surface area contributed by atoms with Gasteiger partial charge < -0.3 is 14.5 Å². The number of ether oxygens (including phenoxy) is 1. The molecule has 2 N–H and O–H groups in total. The van der Waals surface area contributed by atoms with E-state index in [1.54, 1.807) is 24.5 Å². The van der Waals surface area contributed by atoms with Gasteiger partial charge in [-0.05, 0) is 23.8 Å². The van der Waals surface area contributed by atoms with Crippen molar-refractivity contribution in [2.45, 2.75) is 6.04 Å². The quantitative estimate of drug-likeness (QED) is 0.664. The molecule has 8 heteroatoms. The summed E-state index contributed by atoms with van der Waals surface area (Å²) in [6.45, 7) is 3.33. The Bertz CT molecular complexity index is 919. The van der Waals surface area contributed by atoms with Gasteiger partial charge in [0.15, 0.2) is 11.5 Å². The van der Waals surface area contributed by atoms with Gasteiger partial charge in [-0.2, -0.15) is 5.10 Å². The summed E-state index contributed by atoms with van der Waals surface area (Å²) >= 11 is 6.43. The SMILES string of the molecule is O=C(NCC(c1ccccc1Cl)N1CCOCC1)c1cc(-c2ccco2)[nH]n1. The average molecular weight is 401 g/mol. The van der Waals surface area contributed by atoms with Crippen LogP contribution in [0.1, 0.15) is 22.1 Å². The summed E-state index contributed by atoms with van der Waals surface area (Å²) in [6, 6.07) is 13.0. The molecule has 1 fully saturated rings. The van der Waals surface area contributed by atoms with Gasteiger partial charge in [-0.3, -0.25) is 14.8 Å². The molecule has 146 valence electrons. The number of amides is 1. The van der Waals surface area contributed by atoms with E-state index >= 15 is 0 Å². The minimum Gasteiger partial charge on any atom is -0.463 e. The number of nitrogens with zero attached hydrogens (tertiary/aromatic N) is 2. The van der Waals surface area contributed by atoms with Gasteiger partial charge in [0.1, 0.15) is 5.69 Å². The zero-order valence-corrected chi connectivity index (χ0v) is 16.0. The lowest BCUT2D eigenvalue weighted by atomic mass is 10.0. The predicted octanol–water partition coefficient (Wildman–Crippen LogP) is 3.13. The average Bonchev–Trinajstić information content (AvgIpc) is 3.42. The molecule has 0 bridgehead atoms. The van der Waals surface area contributed by atoms with Gasteiger partial charge in [-0.15, -0.1) is 0 Å². The number of H-pyrrole nitrogens is 1. The molecule has 1 unspecified atom stereocenters. The molecule has 1 aliphatic heterocycles. The van der Waals surface area contributed by atoms with Crippen molar-refractivity contribution in [3.05, 3.63) is 65.0 Å². The maximum atomic E-state index is 12.6. The lowest BCUT2D eigenvalue weighted by Gasteiger charge is -2.35. The first kappa shape index (κ1) is 18.7. The molecule has 1 aromatic carbocycles. The number of aromatic amines is 1. The van der Waals surface area contributed by atoms with Gasteiger partial charge in [0.05, 0.1) is 25.5 Å². The van der Waals surface area contributed by atoms with Crippen LogP contribution in [-0.4, -0.2) is 53.9 Å². The first-order valence-electron chi connectivity index (χ1n) is 9.16. The summed E-state index contributed by atoms with van der Waals surface area (Å²) < 4.78 is 10.8. The van der Waals surface area contributed by atoms with Crippen LogP contribution in [0.4, 0.5) is 0 Å². The van der Waals surface area contributed by atoms with Crippen molar-refractivity contribution in [3.63, 3.8) is 0 Å². The van der Waals surface area contributed by atoms with E-state index in [9.17, 15) is 4.79 Å². The number of carbonyl (C=O) groups is 1. The van der Waals surface area contributed by atoms with Crippen molar-refractivity contribution in [2.24, 2.45) is 0 Å². The molecule has 7 nitrogen and oxygen atoms in total. The lowest BCUT2D eigenvalue weighted by molar-refractivity contribution is 0.0162. The summed E-state index contributed by atoms with van der Waals surface area (Å²) in [5, 5.41) is 10.6. The van der Waals surface area contributed by atoms with Crippen LogP contribution in [0.2, 0.25) is 5.02 Å². The van der Waals surface area contributed by atoms with E-state index < -0.39 is 0 Å². The van der Waals surface area contributed by atoms with Crippen LogP contribution in [0.25, 0.3) is 11.5 Å². The second-order valence-electron chi connectivity index (χ2n) is 6.54.